The average molecular weight is 759 g/mol. The van der Waals surface area contributed by atoms with Crippen LogP contribution in [-0.2, 0) is 4.74 Å². The van der Waals surface area contributed by atoms with Crippen LogP contribution in [0.5, 0.6) is 0 Å². The first-order valence-corrected chi connectivity index (χ1v) is 26.1. The Bertz CT molecular complexity index is 969. The van der Waals surface area contributed by atoms with Crippen molar-refractivity contribution in [1.29, 1.82) is 0 Å². The maximum absolute atomic E-state index is 6.05. The molecule has 6 aliphatic carbocycles. The van der Waals surface area contributed by atoms with E-state index in [4.69, 9.17) is 4.74 Å². The van der Waals surface area contributed by atoms with Gasteiger partial charge in [-0.25, -0.2) is 0 Å². The summed E-state index contributed by atoms with van der Waals surface area (Å²) in [7, 11) is 0. The van der Waals surface area contributed by atoms with E-state index in [-0.39, 0.29) is 0 Å². The first-order chi connectivity index (χ1) is 27.2. The second-order valence-corrected chi connectivity index (χ2v) is 21.2. The topological polar surface area (TPSA) is 9.23 Å². The molecule has 0 amide bonds. The monoisotopic (exact) mass is 759 g/mol. The first kappa shape index (κ1) is 44.0. The summed E-state index contributed by atoms with van der Waals surface area (Å²) in [5.41, 5.74) is 3.60. The van der Waals surface area contributed by atoms with E-state index in [1.807, 2.05) is 0 Å². The third kappa shape index (κ3) is 14.9. The second-order valence-electron chi connectivity index (χ2n) is 21.2. The lowest BCUT2D eigenvalue weighted by Gasteiger charge is -2.40. The van der Waals surface area contributed by atoms with Gasteiger partial charge in [-0.05, 0) is 213 Å². The summed E-state index contributed by atoms with van der Waals surface area (Å²) in [6.45, 7) is 6.73. The molecule has 0 N–H and O–H groups in total. The van der Waals surface area contributed by atoms with Gasteiger partial charge < -0.3 is 4.74 Å². The number of hydrogen-bond donors (Lipinski definition) is 0. The van der Waals surface area contributed by atoms with Crippen LogP contribution in [0.3, 0.4) is 0 Å². The highest BCUT2D eigenvalue weighted by atomic mass is 16.5. The average Bonchev–Trinajstić information content (AvgIpc) is 3.24. The van der Waals surface area contributed by atoms with Crippen LogP contribution in [0.2, 0.25) is 0 Å². The number of rotatable bonds is 22. The van der Waals surface area contributed by atoms with Crippen LogP contribution < -0.4 is 0 Å². The van der Waals surface area contributed by atoms with Crippen molar-refractivity contribution in [3.8, 4) is 0 Å². The van der Waals surface area contributed by atoms with Crippen molar-refractivity contribution in [3.63, 3.8) is 0 Å². The van der Waals surface area contributed by atoms with Crippen molar-refractivity contribution in [2.45, 2.75) is 245 Å². The van der Waals surface area contributed by atoms with Gasteiger partial charge in [0.05, 0.1) is 0 Å². The van der Waals surface area contributed by atoms with Crippen LogP contribution >= 0.6 is 0 Å². The van der Waals surface area contributed by atoms with Crippen LogP contribution in [0.4, 0.5) is 0 Å². The molecule has 55 heavy (non-hydrogen) atoms. The Balaban J connectivity index is 0.693. The number of unbranched alkanes of at least 4 members (excludes halogenated alkanes) is 6. The maximum Gasteiger partial charge on any atom is 0.0466 e. The Morgan fingerprint density at radius 1 is 0.382 bits per heavy atom. The molecular formula is C54H94O. The van der Waals surface area contributed by atoms with Crippen molar-refractivity contribution >= 4 is 0 Å². The third-order valence-corrected chi connectivity index (χ3v) is 17.6. The predicted molar refractivity (Wildman–Crippen MR) is 239 cm³/mol. The number of hydrogen-bond acceptors (Lipinski definition) is 1. The Hall–Kier alpha value is -0.560. The first-order valence-electron chi connectivity index (χ1n) is 26.1. The van der Waals surface area contributed by atoms with Crippen LogP contribution in [-0.4, -0.2) is 13.2 Å². The van der Waals surface area contributed by atoms with Crippen molar-refractivity contribution < 1.29 is 4.74 Å². The highest BCUT2D eigenvalue weighted by molar-refractivity contribution is 5.08. The zero-order valence-corrected chi connectivity index (χ0v) is 37.2. The second kappa shape index (κ2) is 25.2. The van der Waals surface area contributed by atoms with Gasteiger partial charge in [0.25, 0.3) is 0 Å². The van der Waals surface area contributed by atoms with Crippen molar-refractivity contribution in [2.24, 2.45) is 59.2 Å². The van der Waals surface area contributed by atoms with Crippen molar-refractivity contribution in [2.75, 3.05) is 13.2 Å². The highest BCUT2D eigenvalue weighted by Gasteiger charge is 2.35. The lowest BCUT2D eigenvalue weighted by molar-refractivity contribution is 0.120. The van der Waals surface area contributed by atoms with Crippen molar-refractivity contribution in [1.82, 2.24) is 0 Å². The molecular weight excluding hydrogens is 665 g/mol. The summed E-state index contributed by atoms with van der Waals surface area (Å²) >= 11 is 0. The van der Waals surface area contributed by atoms with Gasteiger partial charge in [-0.2, -0.15) is 0 Å². The van der Waals surface area contributed by atoms with Gasteiger partial charge in [0.2, 0.25) is 0 Å². The molecule has 0 heterocycles. The van der Waals surface area contributed by atoms with Crippen molar-refractivity contribution in [3.05, 3.63) is 23.3 Å². The number of allylic oxidation sites excluding steroid dienone is 4. The van der Waals surface area contributed by atoms with Gasteiger partial charge in [0.15, 0.2) is 0 Å². The molecule has 1 heteroatoms. The summed E-state index contributed by atoms with van der Waals surface area (Å²) in [6.07, 6.45) is 58.2. The highest BCUT2D eigenvalue weighted by Crippen LogP contribution is 2.47. The molecule has 0 aromatic rings. The fourth-order valence-electron chi connectivity index (χ4n) is 13.9. The molecule has 1 nitrogen and oxygen atoms in total. The molecule has 4 fully saturated rings. The van der Waals surface area contributed by atoms with E-state index in [0.29, 0.717) is 0 Å². The molecule has 6 aliphatic rings. The Morgan fingerprint density at radius 2 is 0.709 bits per heavy atom. The number of ether oxygens (including phenoxy) is 1. The predicted octanol–water partition coefficient (Wildman–Crippen LogP) is 17.2. The third-order valence-electron chi connectivity index (χ3n) is 17.6. The van der Waals surface area contributed by atoms with E-state index >= 15 is 0 Å². The zero-order chi connectivity index (χ0) is 37.9. The van der Waals surface area contributed by atoms with Gasteiger partial charge in [-0.15, -0.1) is 0 Å². The van der Waals surface area contributed by atoms with Crippen LogP contribution in [0, 0.1) is 59.2 Å². The fourth-order valence-corrected chi connectivity index (χ4v) is 13.9. The molecule has 316 valence electrons. The van der Waals surface area contributed by atoms with Crippen LogP contribution in [0.15, 0.2) is 23.3 Å². The molecule has 0 bridgehead atoms. The molecule has 2 atom stereocenters. The van der Waals surface area contributed by atoms with Crippen LogP contribution in [0.1, 0.15) is 245 Å². The molecule has 4 saturated carbocycles. The summed E-state index contributed by atoms with van der Waals surface area (Å²) in [6, 6.07) is 0. The molecule has 0 aromatic heterocycles. The molecule has 0 aromatic carbocycles. The maximum atomic E-state index is 6.05. The normalized spacial score (nSPS) is 34.9. The minimum Gasteiger partial charge on any atom is -0.381 e. The lowest BCUT2D eigenvalue weighted by atomic mass is 9.65. The lowest BCUT2D eigenvalue weighted by Crippen LogP contribution is -2.28. The van der Waals surface area contributed by atoms with E-state index in [1.165, 1.54) is 128 Å². The van der Waals surface area contributed by atoms with Crippen LogP contribution in [0.25, 0.3) is 0 Å². The standard InChI is InChI=1S/C54H94O/c1-3-13-43-17-25-47(26-18-43)51-33-37-53(38-34-51)49-29-21-45(22-30-49)15-9-5-7-11-41-55-42-12-8-6-10-16-46-23-31-50(32-24-46)54-39-35-52(36-40-54)48-27-19-44(14-4-2)20-28-48/h21,23,43-44,47-54H,3-20,22,24-42H2,1-2H3. The molecule has 0 spiro atoms. The molecule has 0 aliphatic heterocycles. The summed E-state index contributed by atoms with van der Waals surface area (Å²) in [4.78, 5) is 0. The van der Waals surface area contributed by atoms with E-state index in [1.54, 1.807) is 114 Å². The zero-order valence-electron chi connectivity index (χ0n) is 37.2. The Morgan fingerprint density at radius 3 is 1.04 bits per heavy atom. The quantitative estimate of drug-likeness (QED) is 0.0789. The van der Waals surface area contributed by atoms with Gasteiger partial charge >= 0.3 is 0 Å². The Labute approximate surface area is 344 Å². The van der Waals surface area contributed by atoms with E-state index in [9.17, 15) is 0 Å². The van der Waals surface area contributed by atoms with Gasteiger partial charge in [0, 0.05) is 13.2 Å². The van der Waals surface area contributed by atoms with Gasteiger partial charge in [-0.3, -0.25) is 0 Å². The molecule has 0 saturated heterocycles. The fraction of sp³-hybridized carbons (Fsp3) is 0.926. The van der Waals surface area contributed by atoms with E-state index < -0.39 is 0 Å². The van der Waals surface area contributed by atoms with E-state index in [2.05, 4.69) is 26.0 Å². The van der Waals surface area contributed by atoms with Gasteiger partial charge in [-0.1, -0.05) is 114 Å². The molecule has 6 rings (SSSR count). The molecule has 0 radical (unpaired) electrons. The smallest absolute Gasteiger partial charge is 0.0466 e. The minimum atomic E-state index is 0.989. The summed E-state index contributed by atoms with van der Waals surface area (Å²) in [5, 5.41) is 0. The minimum absolute atomic E-state index is 0.989. The summed E-state index contributed by atoms with van der Waals surface area (Å²) < 4.78 is 6.05. The summed E-state index contributed by atoms with van der Waals surface area (Å²) in [5.74, 6) is 10.6. The van der Waals surface area contributed by atoms with E-state index in [0.717, 1.165) is 72.4 Å². The largest absolute Gasteiger partial charge is 0.381 e. The SMILES string of the molecule is CCCC1CCC(C2CCC(C3CC=C(CCCCCCOCCCCCCC4=CCC(C5CCC(C6CCC(CCC)CC6)CC5)CC4)CC3)CC2)CC1. The van der Waals surface area contributed by atoms with Gasteiger partial charge in [0.1, 0.15) is 0 Å². The molecule has 2 unspecified atom stereocenters. The Kier molecular flexibility index (Phi) is 20.1.